The second-order valence-electron chi connectivity index (χ2n) is 6.40. The number of hydrogen-bond acceptors (Lipinski definition) is 9. The molecule has 0 fully saturated rings. The fourth-order valence-corrected chi connectivity index (χ4v) is 4.20. The number of anilines is 1. The Morgan fingerprint density at radius 1 is 1.23 bits per heavy atom. The number of nitrogens with zero attached hydrogens (tertiary/aromatic N) is 4. The summed E-state index contributed by atoms with van der Waals surface area (Å²) in [7, 11) is 0. The molecule has 1 amide bonds. The predicted molar refractivity (Wildman–Crippen MR) is 113 cm³/mol. The van der Waals surface area contributed by atoms with Gasteiger partial charge in [-0.05, 0) is 26.0 Å². The van der Waals surface area contributed by atoms with Crippen LogP contribution in [0.5, 0.6) is 5.75 Å². The molecule has 0 saturated carbocycles. The zero-order valence-corrected chi connectivity index (χ0v) is 17.7. The number of carbonyl (C=O) groups excluding carboxylic acids is 1. The number of aryl methyl sites for hydroxylation is 2. The van der Waals surface area contributed by atoms with E-state index in [2.05, 4.69) is 20.5 Å². The van der Waals surface area contributed by atoms with Crippen molar-refractivity contribution in [1.82, 2.24) is 19.8 Å². The van der Waals surface area contributed by atoms with Crippen molar-refractivity contribution in [3.05, 3.63) is 63.8 Å². The molecule has 0 aliphatic carbocycles. The predicted octanol–water partition coefficient (Wildman–Crippen LogP) is 3.07. The van der Waals surface area contributed by atoms with E-state index in [4.69, 9.17) is 9.26 Å². The molecule has 154 valence electrons. The maximum atomic E-state index is 12.1. The van der Waals surface area contributed by atoms with Crippen molar-refractivity contribution in [3.63, 3.8) is 0 Å². The van der Waals surface area contributed by atoms with Gasteiger partial charge in [0.1, 0.15) is 11.5 Å². The highest BCUT2D eigenvalue weighted by atomic mass is 32.2. The standard InChI is InChI=1S/C19H17N5O4S2/c1-11-3-5-14(6-4-11)27-9-16(25)21-18-22-23-19(30-18)29-10-13-8-17(26)24-15(20-13)7-12(2)28-24/h3-8H,9-10H2,1-2H3,(H,21,22,25). The van der Waals surface area contributed by atoms with E-state index >= 15 is 0 Å². The fourth-order valence-electron chi connectivity index (χ4n) is 2.54. The van der Waals surface area contributed by atoms with Crippen LogP contribution in [0, 0.1) is 13.8 Å². The van der Waals surface area contributed by atoms with Crippen LogP contribution in [0.15, 0.2) is 50.1 Å². The molecule has 3 heterocycles. The van der Waals surface area contributed by atoms with Crippen LogP contribution in [0.4, 0.5) is 5.13 Å². The van der Waals surface area contributed by atoms with Crippen molar-refractivity contribution in [3.8, 4) is 5.75 Å². The number of nitrogens with one attached hydrogen (secondary N) is 1. The summed E-state index contributed by atoms with van der Waals surface area (Å²) >= 11 is 2.62. The summed E-state index contributed by atoms with van der Waals surface area (Å²) in [5.74, 6) is 1.35. The Hall–Kier alpha value is -3.18. The fraction of sp³-hybridized carbons (Fsp3) is 0.211. The second-order valence-corrected chi connectivity index (χ2v) is 8.60. The zero-order chi connectivity index (χ0) is 21.1. The first kappa shape index (κ1) is 20.1. The Labute approximate surface area is 179 Å². The summed E-state index contributed by atoms with van der Waals surface area (Å²) in [6.07, 6.45) is 0. The lowest BCUT2D eigenvalue weighted by molar-refractivity contribution is -0.118. The minimum Gasteiger partial charge on any atom is -0.484 e. The molecule has 0 spiro atoms. The third kappa shape index (κ3) is 4.86. The minimum atomic E-state index is -0.321. The Bertz CT molecular complexity index is 1250. The van der Waals surface area contributed by atoms with Gasteiger partial charge in [-0.25, -0.2) is 4.98 Å². The first-order chi connectivity index (χ1) is 14.5. The first-order valence-corrected chi connectivity index (χ1v) is 10.7. The highest BCUT2D eigenvalue weighted by Gasteiger charge is 2.11. The van der Waals surface area contributed by atoms with Crippen LogP contribution in [0.1, 0.15) is 17.0 Å². The molecule has 0 aliphatic heterocycles. The van der Waals surface area contributed by atoms with E-state index in [0.29, 0.717) is 38.1 Å². The summed E-state index contributed by atoms with van der Waals surface area (Å²) < 4.78 is 12.5. The molecule has 1 N–H and O–H groups in total. The molecule has 1 aromatic carbocycles. The van der Waals surface area contributed by atoms with E-state index in [1.54, 1.807) is 13.0 Å². The number of ether oxygens (including phenoxy) is 1. The van der Waals surface area contributed by atoms with Crippen LogP contribution in [0.25, 0.3) is 5.65 Å². The molecule has 0 unspecified atom stereocenters. The summed E-state index contributed by atoms with van der Waals surface area (Å²) in [5, 5.41) is 11.1. The third-order valence-corrected chi connectivity index (χ3v) is 5.92. The molecule has 4 aromatic rings. The topological polar surface area (TPSA) is 112 Å². The molecule has 0 radical (unpaired) electrons. The number of hydrogen-bond donors (Lipinski definition) is 1. The highest BCUT2D eigenvalue weighted by Crippen LogP contribution is 2.27. The van der Waals surface area contributed by atoms with Crippen molar-refractivity contribution in [2.45, 2.75) is 23.9 Å². The average Bonchev–Trinajstić information content (AvgIpc) is 3.32. The summed E-state index contributed by atoms with van der Waals surface area (Å²) in [6, 6.07) is 10.6. The molecule has 9 nitrogen and oxygen atoms in total. The number of thioether (sulfide) groups is 1. The van der Waals surface area contributed by atoms with Crippen molar-refractivity contribution >= 4 is 39.8 Å². The summed E-state index contributed by atoms with van der Waals surface area (Å²) in [4.78, 5) is 28.5. The van der Waals surface area contributed by atoms with Gasteiger partial charge in [-0.15, -0.1) is 14.8 Å². The zero-order valence-electron chi connectivity index (χ0n) is 16.1. The SMILES string of the molecule is Cc1ccc(OCC(=O)Nc2nnc(SCc3cc(=O)n4oc(C)cc4n3)s2)cc1. The quantitative estimate of drug-likeness (QED) is 0.343. The van der Waals surface area contributed by atoms with Gasteiger partial charge >= 0.3 is 0 Å². The molecule has 0 atom stereocenters. The Morgan fingerprint density at radius 3 is 2.83 bits per heavy atom. The molecular weight excluding hydrogens is 426 g/mol. The number of benzene rings is 1. The molecule has 30 heavy (non-hydrogen) atoms. The first-order valence-electron chi connectivity index (χ1n) is 8.91. The van der Waals surface area contributed by atoms with Gasteiger partial charge in [-0.3, -0.25) is 14.9 Å². The Kier molecular flexibility index (Phi) is 5.81. The maximum absolute atomic E-state index is 12.1. The van der Waals surface area contributed by atoms with Crippen molar-refractivity contribution in [2.24, 2.45) is 0 Å². The summed E-state index contributed by atoms with van der Waals surface area (Å²) in [5.41, 5.74) is 1.92. The largest absolute Gasteiger partial charge is 0.484 e. The third-order valence-electron chi connectivity index (χ3n) is 3.91. The van der Waals surface area contributed by atoms with Gasteiger partial charge in [0, 0.05) is 17.9 Å². The van der Waals surface area contributed by atoms with E-state index in [0.717, 1.165) is 10.1 Å². The molecule has 0 aliphatic rings. The van der Waals surface area contributed by atoms with Gasteiger partial charge in [0.2, 0.25) is 5.13 Å². The smallest absolute Gasteiger partial charge is 0.287 e. The van der Waals surface area contributed by atoms with Gasteiger partial charge in [0.15, 0.2) is 16.6 Å². The number of fused-ring (bicyclic) bond motifs is 1. The molecule has 0 saturated heterocycles. The van der Waals surface area contributed by atoms with Crippen LogP contribution in [-0.2, 0) is 10.5 Å². The Morgan fingerprint density at radius 2 is 2.03 bits per heavy atom. The van der Waals surface area contributed by atoms with Crippen LogP contribution in [-0.4, -0.2) is 32.3 Å². The van der Waals surface area contributed by atoms with E-state index < -0.39 is 0 Å². The van der Waals surface area contributed by atoms with Crippen molar-refractivity contribution < 1.29 is 14.1 Å². The van der Waals surface area contributed by atoms with E-state index in [-0.39, 0.29) is 18.1 Å². The summed E-state index contributed by atoms with van der Waals surface area (Å²) in [6.45, 7) is 3.61. The normalized spacial score (nSPS) is 11.0. The molecule has 4 rings (SSSR count). The van der Waals surface area contributed by atoms with E-state index in [1.165, 1.54) is 29.2 Å². The van der Waals surface area contributed by atoms with Crippen molar-refractivity contribution in [1.29, 1.82) is 0 Å². The molecule has 0 bridgehead atoms. The van der Waals surface area contributed by atoms with Gasteiger partial charge in [0.05, 0.1) is 5.69 Å². The van der Waals surface area contributed by atoms with Gasteiger partial charge < -0.3 is 9.26 Å². The molecule has 11 heteroatoms. The highest BCUT2D eigenvalue weighted by molar-refractivity contribution is 8.00. The molecule has 3 aromatic heterocycles. The lowest BCUT2D eigenvalue weighted by atomic mass is 10.2. The average molecular weight is 444 g/mol. The van der Waals surface area contributed by atoms with Crippen LogP contribution in [0.3, 0.4) is 0 Å². The van der Waals surface area contributed by atoms with Gasteiger partial charge in [-0.2, -0.15) is 0 Å². The number of amides is 1. The number of rotatable bonds is 7. The molecular formula is C19H17N5O4S2. The second kappa shape index (κ2) is 8.67. The van der Waals surface area contributed by atoms with Crippen LogP contribution < -0.4 is 15.6 Å². The van der Waals surface area contributed by atoms with Crippen molar-refractivity contribution in [2.75, 3.05) is 11.9 Å². The monoisotopic (exact) mass is 443 g/mol. The van der Waals surface area contributed by atoms with Crippen LogP contribution in [0.2, 0.25) is 0 Å². The number of aromatic nitrogens is 4. The van der Waals surface area contributed by atoms with Gasteiger partial charge in [-0.1, -0.05) is 40.8 Å². The minimum absolute atomic E-state index is 0.122. The Balaban J connectivity index is 1.31. The van der Waals surface area contributed by atoms with E-state index in [1.807, 2.05) is 31.2 Å². The van der Waals surface area contributed by atoms with E-state index in [9.17, 15) is 9.59 Å². The van der Waals surface area contributed by atoms with Crippen LogP contribution >= 0.6 is 23.1 Å². The lowest BCUT2D eigenvalue weighted by Crippen LogP contribution is -2.20. The maximum Gasteiger partial charge on any atom is 0.287 e. The lowest BCUT2D eigenvalue weighted by Gasteiger charge is -2.05. The van der Waals surface area contributed by atoms with Gasteiger partial charge in [0.25, 0.3) is 11.5 Å². The number of carbonyl (C=O) groups is 1.